The zero-order chi connectivity index (χ0) is 21.2. The van der Waals surface area contributed by atoms with E-state index in [1.807, 2.05) is 34.7 Å². The number of halogens is 1. The van der Waals surface area contributed by atoms with Crippen molar-refractivity contribution < 1.29 is 19.1 Å². The van der Waals surface area contributed by atoms with E-state index in [2.05, 4.69) is 5.32 Å². The van der Waals surface area contributed by atoms with E-state index in [9.17, 15) is 14.9 Å². The first-order valence-electron chi connectivity index (χ1n) is 8.48. The lowest BCUT2D eigenvalue weighted by Crippen LogP contribution is -2.13. The quantitative estimate of drug-likeness (QED) is 0.267. The molecule has 2 rings (SSSR count). The fourth-order valence-electron chi connectivity index (χ4n) is 2.25. The molecular formula is C21H16IN3O4. The van der Waals surface area contributed by atoms with Crippen molar-refractivity contribution in [3.8, 4) is 17.9 Å². The smallest absolute Gasteiger partial charge is 0.338 e. The molecule has 0 aliphatic heterocycles. The molecule has 146 valence electrons. The number of carbonyl (C=O) groups is 2. The van der Waals surface area contributed by atoms with E-state index in [0.29, 0.717) is 22.6 Å². The molecule has 1 N–H and O–H groups in total. The van der Waals surface area contributed by atoms with Gasteiger partial charge in [-0.15, -0.1) is 0 Å². The van der Waals surface area contributed by atoms with Gasteiger partial charge in [-0.05, 0) is 77.6 Å². The molecule has 2 aromatic rings. The van der Waals surface area contributed by atoms with Crippen molar-refractivity contribution in [1.82, 2.24) is 0 Å². The standard InChI is InChI=1S/C21H16IN3O4/c1-2-28-21(27)15-4-6-17(7-5-15)25-20(26)16(13-24)11-14-3-8-19(18(22)12-14)29-10-9-23/h3-8,11-12H,2,10H2,1H3,(H,25,26)/b16-11+. The van der Waals surface area contributed by atoms with Crippen LogP contribution in [0.15, 0.2) is 48.0 Å². The zero-order valence-electron chi connectivity index (χ0n) is 15.4. The first kappa shape index (κ1) is 21.9. The molecule has 0 aliphatic rings. The predicted octanol–water partition coefficient (Wildman–Crippen LogP) is 3.92. The van der Waals surface area contributed by atoms with Crippen molar-refractivity contribution in [2.75, 3.05) is 18.5 Å². The fourth-order valence-corrected chi connectivity index (χ4v) is 2.95. The Morgan fingerprint density at radius 3 is 2.48 bits per heavy atom. The summed E-state index contributed by atoms with van der Waals surface area (Å²) in [6, 6.07) is 15.1. The second kappa shape index (κ2) is 10.8. The number of nitriles is 2. The number of nitrogens with one attached hydrogen (secondary N) is 1. The third-order valence-corrected chi connectivity index (χ3v) is 4.42. The van der Waals surface area contributed by atoms with Gasteiger partial charge < -0.3 is 14.8 Å². The van der Waals surface area contributed by atoms with Gasteiger partial charge in [-0.25, -0.2) is 4.79 Å². The second-order valence-corrected chi connectivity index (χ2v) is 6.72. The number of esters is 1. The molecule has 0 fully saturated rings. The number of hydrogen-bond donors (Lipinski definition) is 1. The van der Waals surface area contributed by atoms with Crippen molar-refractivity contribution in [2.24, 2.45) is 0 Å². The number of hydrogen-bond acceptors (Lipinski definition) is 6. The fraction of sp³-hybridized carbons (Fsp3) is 0.143. The topological polar surface area (TPSA) is 112 Å². The Kier molecular flexibility index (Phi) is 8.19. The molecule has 0 aliphatic carbocycles. The highest BCUT2D eigenvalue weighted by molar-refractivity contribution is 14.1. The van der Waals surface area contributed by atoms with Crippen molar-refractivity contribution in [3.05, 3.63) is 62.7 Å². The molecule has 1 amide bonds. The highest BCUT2D eigenvalue weighted by Gasteiger charge is 2.12. The van der Waals surface area contributed by atoms with Crippen LogP contribution in [-0.4, -0.2) is 25.1 Å². The van der Waals surface area contributed by atoms with Gasteiger partial charge >= 0.3 is 5.97 Å². The number of amides is 1. The lowest BCUT2D eigenvalue weighted by atomic mass is 10.1. The van der Waals surface area contributed by atoms with Crippen molar-refractivity contribution in [2.45, 2.75) is 6.92 Å². The van der Waals surface area contributed by atoms with E-state index in [1.54, 1.807) is 37.3 Å². The summed E-state index contributed by atoms with van der Waals surface area (Å²) in [6.07, 6.45) is 1.46. The van der Waals surface area contributed by atoms with Gasteiger partial charge in [0.15, 0.2) is 6.61 Å². The van der Waals surface area contributed by atoms with E-state index >= 15 is 0 Å². The van der Waals surface area contributed by atoms with Gasteiger partial charge in [-0.2, -0.15) is 10.5 Å². The Bertz CT molecular complexity index is 1020. The normalized spacial score (nSPS) is 10.4. The molecule has 0 atom stereocenters. The summed E-state index contributed by atoms with van der Waals surface area (Å²) < 4.78 is 10.9. The van der Waals surface area contributed by atoms with Crippen molar-refractivity contribution in [1.29, 1.82) is 10.5 Å². The van der Waals surface area contributed by atoms with Crippen LogP contribution in [0.5, 0.6) is 5.75 Å². The minimum absolute atomic E-state index is 0.0635. The maximum atomic E-state index is 12.4. The summed E-state index contributed by atoms with van der Waals surface area (Å²) >= 11 is 2.05. The van der Waals surface area contributed by atoms with Crippen LogP contribution in [-0.2, 0) is 9.53 Å². The lowest BCUT2D eigenvalue weighted by Gasteiger charge is -2.07. The average Bonchev–Trinajstić information content (AvgIpc) is 2.72. The summed E-state index contributed by atoms with van der Waals surface area (Å²) in [6.45, 7) is 1.93. The van der Waals surface area contributed by atoms with Crippen LogP contribution < -0.4 is 10.1 Å². The molecule has 8 heteroatoms. The van der Waals surface area contributed by atoms with Gasteiger partial charge in [0.25, 0.3) is 5.91 Å². The van der Waals surface area contributed by atoms with Crippen LogP contribution in [0.3, 0.4) is 0 Å². The largest absolute Gasteiger partial charge is 0.478 e. The van der Waals surface area contributed by atoms with Crippen LogP contribution in [0.2, 0.25) is 0 Å². The minimum atomic E-state index is -0.573. The molecule has 0 radical (unpaired) electrons. The van der Waals surface area contributed by atoms with Gasteiger partial charge in [0, 0.05) is 5.69 Å². The Morgan fingerprint density at radius 1 is 1.17 bits per heavy atom. The summed E-state index contributed by atoms with van der Waals surface area (Å²) in [5.74, 6) is -0.468. The first-order valence-corrected chi connectivity index (χ1v) is 9.56. The van der Waals surface area contributed by atoms with Crippen LogP contribution in [0.4, 0.5) is 5.69 Å². The molecule has 7 nitrogen and oxygen atoms in total. The van der Waals surface area contributed by atoms with E-state index in [1.165, 1.54) is 18.2 Å². The lowest BCUT2D eigenvalue weighted by molar-refractivity contribution is -0.112. The molecule has 0 aromatic heterocycles. The van der Waals surface area contributed by atoms with Crippen LogP contribution in [0, 0.1) is 26.2 Å². The molecule has 29 heavy (non-hydrogen) atoms. The van der Waals surface area contributed by atoms with Gasteiger partial charge in [0.2, 0.25) is 0 Å². The number of nitrogens with zero attached hydrogens (tertiary/aromatic N) is 2. The SMILES string of the molecule is CCOC(=O)c1ccc(NC(=O)/C(C#N)=C/c2ccc(OCC#N)c(I)c2)cc1. The summed E-state index contributed by atoms with van der Waals surface area (Å²) in [7, 11) is 0. The van der Waals surface area contributed by atoms with E-state index in [4.69, 9.17) is 14.7 Å². The Balaban J connectivity index is 2.12. The predicted molar refractivity (Wildman–Crippen MR) is 115 cm³/mol. The maximum Gasteiger partial charge on any atom is 0.338 e. The second-order valence-electron chi connectivity index (χ2n) is 5.56. The molecule has 0 spiro atoms. The maximum absolute atomic E-state index is 12.4. The molecule has 0 saturated carbocycles. The Morgan fingerprint density at radius 2 is 1.90 bits per heavy atom. The van der Waals surface area contributed by atoms with Crippen molar-refractivity contribution in [3.63, 3.8) is 0 Å². The minimum Gasteiger partial charge on any atom is -0.478 e. The molecule has 0 heterocycles. The Labute approximate surface area is 181 Å². The van der Waals surface area contributed by atoms with Gasteiger partial charge in [0.1, 0.15) is 23.5 Å². The summed E-state index contributed by atoms with van der Waals surface area (Å²) in [4.78, 5) is 24.1. The Hall–Kier alpha value is -3.37. The third-order valence-electron chi connectivity index (χ3n) is 3.58. The number of anilines is 1. The van der Waals surface area contributed by atoms with E-state index in [-0.39, 0.29) is 18.8 Å². The number of benzene rings is 2. The first-order chi connectivity index (χ1) is 14.0. The summed E-state index contributed by atoms with van der Waals surface area (Å²) in [5.41, 5.74) is 1.37. The number of ether oxygens (including phenoxy) is 2. The van der Waals surface area contributed by atoms with Crippen LogP contribution in [0.25, 0.3) is 6.08 Å². The molecule has 0 unspecified atom stereocenters. The van der Waals surface area contributed by atoms with Crippen LogP contribution in [0.1, 0.15) is 22.8 Å². The van der Waals surface area contributed by atoms with Gasteiger partial charge in [-0.1, -0.05) is 6.07 Å². The average molecular weight is 501 g/mol. The van der Waals surface area contributed by atoms with Crippen LogP contribution >= 0.6 is 22.6 Å². The number of rotatable bonds is 7. The van der Waals surface area contributed by atoms with Gasteiger partial charge in [-0.3, -0.25) is 4.79 Å². The molecule has 0 bridgehead atoms. The molecule has 0 saturated heterocycles. The van der Waals surface area contributed by atoms with Gasteiger partial charge in [0.05, 0.1) is 15.7 Å². The highest BCUT2D eigenvalue weighted by atomic mass is 127. The molecule has 2 aromatic carbocycles. The highest BCUT2D eigenvalue weighted by Crippen LogP contribution is 2.23. The third kappa shape index (κ3) is 6.33. The van der Waals surface area contributed by atoms with E-state index in [0.717, 1.165) is 3.57 Å². The number of carbonyl (C=O) groups excluding carboxylic acids is 2. The zero-order valence-corrected chi connectivity index (χ0v) is 17.6. The van der Waals surface area contributed by atoms with E-state index < -0.39 is 11.9 Å². The molecular weight excluding hydrogens is 485 g/mol. The monoisotopic (exact) mass is 501 g/mol. The summed E-state index contributed by atoms with van der Waals surface area (Å²) in [5, 5.41) is 20.6. The van der Waals surface area contributed by atoms with Crippen molar-refractivity contribution >= 4 is 46.2 Å².